The van der Waals surface area contributed by atoms with Gasteiger partial charge in [0.25, 0.3) is 0 Å². The lowest BCUT2D eigenvalue weighted by Gasteiger charge is -1.98. The fourth-order valence-electron chi connectivity index (χ4n) is 1.35. The van der Waals surface area contributed by atoms with Gasteiger partial charge < -0.3 is 10.7 Å². The maximum atomic E-state index is 10.9. The molecule has 0 aliphatic carbocycles. The number of rotatable bonds is 2. The number of hydrogen-bond acceptors (Lipinski definition) is 2. The van der Waals surface area contributed by atoms with Crippen molar-refractivity contribution in [1.82, 2.24) is 9.97 Å². The second-order valence-electron chi connectivity index (χ2n) is 3.36. The number of carbonyl (C=O) groups is 1. The van der Waals surface area contributed by atoms with Crippen LogP contribution in [0, 0.1) is 6.92 Å². The molecule has 4 heteroatoms. The Kier molecular flexibility index (Phi) is 2.25. The first-order valence-electron chi connectivity index (χ1n) is 4.58. The molecule has 3 N–H and O–H groups in total. The smallest absolute Gasteiger partial charge is 0.248 e. The summed E-state index contributed by atoms with van der Waals surface area (Å²) in [6.07, 6.45) is 1.76. The van der Waals surface area contributed by atoms with E-state index in [4.69, 9.17) is 5.73 Å². The second kappa shape index (κ2) is 3.57. The number of hydrogen-bond donors (Lipinski definition) is 2. The maximum absolute atomic E-state index is 10.9. The normalized spacial score (nSPS) is 10.2. The molecule has 0 radical (unpaired) electrons. The van der Waals surface area contributed by atoms with Gasteiger partial charge in [-0.1, -0.05) is 12.1 Å². The van der Waals surface area contributed by atoms with Gasteiger partial charge in [0.1, 0.15) is 5.82 Å². The van der Waals surface area contributed by atoms with E-state index in [1.165, 1.54) is 0 Å². The van der Waals surface area contributed by atoms with E-state index < -0.39 is 5.91 Å². The molecule has 2 aromatic rings. The average Bonchev–Trinajstić information content (AvgIpc) is 2.65. The Balaban J connectivity index is 2.35. The number of nitrogens with one attached hydrogen (secondary N) is 1. The summed E-state index contributed by atoms with van der Waals surface area (Å²) in [5, 5.41) is 0. The minimum absolute atomic E-state index is 0.419. The molecule has 0 aliphatic rings. The highest BCUT2D eigenvalue weighted by molar-refractivity contribution is 5.93. The number of nitrogens with zero attached hydrogens (tertiary/aromatic N) is 1. The van der Waals surface area contributed by atoms with Crippen LogP contribution in [0.1, 0.15) is 16.1 Å². The van der Waals surface area contributed by atoms with Crippen molar-refractivity contribution in [2.24, 2.45) is 5.73 Å². The number of aryl methyl sites for hydroxylation is 1. The number of carbonyl (C=O) groups excluding carboxylic acids is 1. The van der Waals surface area contributed by atoms with Gasteiger partial charge in [-0.2, -0.15) is 0 Å². The Labute approximate surface area is 87.1 Å². The van der Waals surface area contributed by atoms with Crippen LogP contribution in [0.2, 0.25) is 0 Å². The van der Waals surface area contributed by atoms with Crippen LogP contribution in [-0.4, -0.2) is 15.9 Å². The van der Waals surface area contributed by atoms with Crippen LogP contribution in [0.5, 0.6) is 0 Å². The van der Waals surface area contributed by atoms with E-state index in [1.807, 2.05) is 19.1 Å². The number of H-pyrrole nitrogens is 1. The van der Waals surface area contributed by atoms with Crippen molar-refractivity contribution < 1.29 is 4.79 Å². The molecule has 4 nitrogen and oxygen atoms in total. The Bertz CT molecular complexity index is 485. The van der Waals surface area contributed by atoms with Gasteiger partial charge in [-0.25, -0.2) is 4.98 Å². The molecule has 1 aromatic heterocycles. The van der Waals surface area contributed by atoms with E-state index in [0.29, 0.717) is 5.56 Å². The van der Waals surface area contributed by atoms with Crippen molar-refractivity contribution in [3.63, 3.8) is 0 Å². The third-order valence-corrected chi connectivity index (χ3v) is 2.15. The Hall–Kier alpha value is -2.10. The quantitative estimate of drug-likeness (QED) is 0.772. The summed E-state index contributed by atoms with van der Waals surface area (Å²) in [6, 6.07) is 7.02. The molecule has 15 heavy (non-hydrogen) atoms. The molecule has 0 aliphatic heterocycles. The van der Waals surface area contributed by atoms with Crippen molar-refractivity contribution in [3.05, 3.63) is 41.7 Å². The molecular formula is C11H11N3O. The predicted molar refractivity (Wildman–Crippen MR) is 57.3 cm³/mol. The summed E-state index contributed by atoms with van der Waals surface area (Å²) < 4.78 is 0. The summed E-state index contributed by atoms with van der Waals surface area (Å²) >= 11 is 0. The van der Waals surface area contributed by atoms with Gasteiger partial charge in [-0.15, -0.1) is 0 Å². The highest BCUT2D eigenvalue weighted by Gasteiger charge is 2.03. The highest BCUT2D eigenvalue weighted by Crippen LogP contribution is 2.15. The fraction of sp³-hybridized carbons (Fsp3) is 0.0909. The van der Waals surface area contributed by atoms with Crippen LogP contribution in [0.15, 0.2) is 30.5 Å². The van der Waals surface area contributed by atoms with Gasteiger partial charge in [0.15, 0.2) is 0 Å². The first kappa shape index (κ1) is 9.45. The lowest BCUT2D eigenvalue weighted by Crippen LogP contribution is -2.10. The van der Waals surface area contributed by atoms with E-state index in [-0.39, 0.29) is 0 Å². The zero-order chi connectivity index (χ0) is 10.8. The minimum atomic E-state index is -0.419. The fourth-order valence-corrected chi connectivity index (χ4v) is 1.35. The van der Waals surface area contributed by atoms with Gasteiger partial charge >= 0.3 is 0 Å². The van der Waals surface area contributed by atoms with Crippen molar-refractivity contribution in [1.29, 1.82) is 0 Å². The number of imidazole rings is 1. The third-order valence-electron chi connectivity index (χ3n) is 2.15. The molecular weight excluding hydrogens is 190 g/mol. The number of aromatic amines is 1. The molecule has 0 atom stereocenters. The molecule has 0 spiro atoms. The summed E-state index contributed by atoms with van der Waals surface area (Å²) in [7, 11) is 0. The summed E-state index contributed by atoms with van der Waals surface area (Å²) in [5.41, 5.74) is 7.59. The second-order valence-corrected chi connectivity index (χ2v) is 3.36. The van der Waals surface area contributed by atoms with E-state index >= 15 is 0 Å². The van der Waals surface area contributed by atoms with Gasteiger partial charge in [0.05, 0.1) is 0 Å². The van der Waals surface area contributed by atoms with E-state index in [1.54, 1.807) is 18.3 Å². The first-order valence-corrected chi connectivity index (χ1v) is 4.58. The standard InChI is InChI=1S/C11H11N3O/c1-7-6-13-11(14-7)9-4-2-8(3-5-9)10(12)15/h2-6H,1H3,(H2,12,15)(H,13,14). The van der Waals surface area contributed by atoms with E-state index in [9.17, 15) is 4.79 Å². The highest BCUT2D eigenvalue weighted by atomic mass is 16.1. The molecule has 0 saturated carbocycles. The molecule has 0 unspecified atom stereocenters. The minimum Gasteiger partial charge on any atom is -0.366 e. The molecule has 0 bridgehead atoms. The molecule has 1 amide bonds. The Morgan fingerprint density at radius 1 is 1.33 bits per heavy atom. The Morgan fingerprint density at radius 2 is 2.00 bits per heavy atom. The zero-order valence-electron chi connectivity index (χ0n) is 8.32. The van der Waals surface area contributed by atoms with Gasteiger partial charge in [0.2, 0.25) is 5.91 Å². The van der Waals surface area contributed by atoms with E-state index in [2.05, 4.69) is 9.97 Å². The Morgan fingerprint density at radius 3 is 2.47 bits per heavy atom. The lowest BCUT2D eigenvalue weighted by molar-refractivity contribution is 0.100. The van der Waals surface area contributed by atoms with Crippen molar-refractivity contribution in [2.45, 2.75) is 6.92 Å². The predicted octanol–water partition coefficient (Wildman–Crippen LogP) is 1.48. The third kappa shape index (κ3) is 1.88. The van der Waals surface area contributed by atoms with Crippen LogP contribution in [0.4, 0.5) is 0 Å². The van der Waals surface area contributed by atoms with E-state index in [0.717, 1.165) is 17.1 Å². The van der Waals surface area contributed by atoms with Crippen molar-refractivity contribution in [3.8, 4) is 11.4 Å². The molecule has 0 fully saturated rings. The largest absolute Gasteiger partial charge is 0.366 e. The number of primary amides is 1. The maximum Gasteiger partial charge on any atom is 0.248 e. The van der Waals surface area contributed by atoms with Crippen LogP contribution in [0.3, 0.4) is 0 Å². The van der Waals surface area contributed by atoms with Gasteiger partial charge in [0, 0.05) is 23.0 Å². The SMILES string of the molecule is Cc1cnc(-c2ccc(C(N)=O)cc2)[nH]1. The molecule has 1 aromatic carbocycles. The van der Waals surface area contributed by atoms with Crippen molar-refractivity contribution >= 4 is 5.91 Å². The van der Waals surface area contributed by atoms with Crippen LogP contribution in [0.25, 0.3) is 11.4 Å². The number of nitrogens with two attached hydrogens (primary N) is 1. The number of amides is 1. The number of benzene rings is 1. The molecule has 1 heterocycles. The number of aromatic nitrogens is 2. The summed E-state index contributed by atoms with van der Waals surface area (Å²) in [5.74, 6) is 0.376. The van der Waals surface area contributed by atoms with Crippen LogP contribution < -0.4 is 5.73 Å². The van der Waals surface area contributed by atoms with Crippen LogP contribution >= 0.6 is 0 Å². The summed E-state index contributed by atoms with van der Waals surface area (Å²) in [6.45, 7) is 1.94. The topological polar surface area (TPSA) is 71.8 Å². The molecule has 76 valence electrons. The van der Waals surface area contributed by atoms with Gasteiger partial charge in [-0.3, -0.25) is 4.79 Å². The van der Waals surface area contributed by atoms with Crippen LogP contribution in [-0.2, 0) is 0 Å². The summed E-state index contributed by atoms with van der Waals surface area (Å²) in [4.78, 5) is 18.2. The van der Waals surface area contributed by atoms with Crippen molar-refractivity contribution in [2.75, 3.05) is 0 Å². The lowest BCUT2D eigenvalue weighted by atomic mass is 10.1. The van der Waals surface area contributed by atoms with Gasteiger partial charge in [-0.05, 0) is 19.1 Å². The molecule has 0 saturated heterocycles. The first-order chi connectivity index (χ1) is 7.16. The average molecular weight is 201 g/mol. The monoisotopic (exact) mass is 201 g/mol. The molecule has 2 rings (SSSR count). The zero-order valence-corrected chi connectivity index (χ0v) is 8.32.